The average molecular weight is 267 g/mol. The Morgan fingerprint density at radius 2 is 2.05 bits per heavy atom. The van der Waals surface area contributed by atoms with Gasteiger partial charge in [-0.2, -0.15) is 0 Å². The van der Waals surface area contributed by atoms with E-state index in [0.717, 1.165) is 5.56 Å². The number of nitrogens with one attached hydrogen (secondary N) is 1. The molecule has 0 fully saturated rings. The number of aliphatic hydroxyl groups is 1. The number of hydrogen-bond donors (Lipinski definition) is 2. The van der Waals surface area contributed by atoms with E-state index in [0.29, 0.717) is 18.1 Å². The van der Waals surface area contributed by atoms with Gasteiger partial charge < -0.3 is 19.9 Å². The highest BCUT2D eigenvalue weighted by molar-refractivity contribution is 5.77. The van der Waals surface area contributed by atoms with E-state index in [1.54, 1.807) is 18.2 Å². The first-order chi connectivity index (χ1) is 9.06. The molecule has 0 saturated heterocycles. The van der Waals surface area contributed by atoms with Gasteiger partial charge in [0.15, 0.2) is 18.1 Å². The molecule has 0 aliphatic carbocycles. The van der Waals surface area contributed by atoms with Gasteiger partial charge in [-0.1, -0.05) is 6.07 Å². The maximum Gasteiger partial charge on any atom is 0.258 e. The Hall–Kier alpha value is -1.75. The molecule has 2 N–H and O–H groups in total. The average Bonchev–Trinajstić information content (AvgIpc) is 2.36. The second-order valence-corrected chi connectivity index (χ2v) is 4.38. The summed E-state index contributed by atoms with van der Waals surface area (Å²) in [6, 6.07) is 5.22. The summed E-state index contributed by atoms with van der Waals surface area (Å²) < 4.78 is 10.9. The number of amides is 1. The van der Waals surface area contributed by atoms with E-state index < -0.39 is 0 Å². The second-order valence-electron chi connectivity index (χ2n) is 4.38. The molecule has 0 bridgehead atoms. The van der Waals surface area contributed by atoms with Crippen molar-refractivity contribution >= 4 is 5.91 Å². The summed E-state index contributed by atoms with van der Waals surface area (Å²) in [5, 5.41) is 11.8. The quantitative estimate of drug-likeness (QED) is 0.785. The van der Waals surface area contributed by atoms with Gasteiger partial charge in [0.05, 0.1) is 13.2 Å². The van der Waals surface area contributed by atoms with E-state index in [4.69, 9.17) is 14.6 Å². The highest BCUT2D eigenvalue weighted by Gasteiger charge is 2.09. The zero-order valence-corrected chi connectivity index (χ0v) is 11.6. The van der Waals surface area contributed by atoms with Crippen molar-refractivity contribution in [3.8, 4) is 11.5 Å². The van der Waals surface area contributed by atoms with Gasteiger partial charge in [-0.05, 0) is 38.5 Å². The van der Waals surface area contributed by atoms with Crippen molar-refractivity contribution in [2.45, 2.75) is 33.4 Å². The number of rotatable bonds is 7. The molecule has 0 radical (unpaired) electrons. The summed E-state index contributed by atoms with van der Waals surface area (Å²) in [6.45, 7) is 6.01. The number of carbonyl (C=O) groups is 1. The molecule has 5 heteroatoms. The first kappa shape index (κ1) is 15.3. The SMILES string of the molecule is CCOc1cc(CO)ccc1OCC(=O)NC(C)C. The molecule has 1 aromatic rings. The Bertz CT molecular complexity index is 418. The molecule has 5 nitrogen and oxygen atoms in total. The Morgan fingerprint density at radius 3 is 2.63 bits per heavy atom. The van der Waals surface area contributed by atoms with Crippen LogP contribution < -0.4 is 14.8 Å². The number of aliphatic hydroxyl groups excluding tert-OH is 1. The van der Waals surface area contributed by atoms with Gasteiger partial charge in [-0.25, -0.2) is 0 Å². The molecular weight excluding hydrogens is 246 g/mol. The summed E-state index contributed by atoms with van der Waals surface area (Å²) in [5.74, 6) is 0.855. The number of ether oxygens (including phenoxy) is 2. The number of carbonyl (C=O) groups excluding carboxylic acids is 1. The minimum Gasteiger partial charge on any atom is -0.490 e. The van der Waals surface area contributed by atoms with Crippen molar-refractivity contribution in [3.63, 3.8) is 0 Å². The Balaban J connectivity index is 2.68. The fourth-order valence-corrected chi connectivity index (χ4v) is 1.55. The number of hydrogen-bond acceptors (Lipinski definition) is 4. The third-order valence-corrected chi connectivity index (χ3v) is 2.30. The second kappa shape index (κ2) is 7.63. The van der Waals surface area contributed by atoms with Gasteiger partial charge in [0.2, 0.25) is 0 Å². The smallest absolute Gasteiger partial charge is 0.258 e. The summed E-state index contributed by atoms with van der Waals surface area (Å²) >= 11 is 0. The van der Waals surface area contributed by atoms with Crippen LogP contribution >= 0.6 is 0 Å². The minimum absolute atomic E-state index is 0.0588. The van der Waals surface area contributed by atoms with Crippen LogP contribution in [0.3, 0.4) is 0 Å². The van der Waals surface area contributed by atoms with Gasteiger partial charge >= 0.3 is 0 Å². The van der Waals surface area contributed by atoms with Gasteiger partial charge in [0.25, 0.3) is 5.91 Å². The van der Waals surface area contributed by atoms with E-state index in [1.807, 2.05) is 20.8 Å². The van der Waals surface area contributed by atoms with Gasteiger partial charge in [-0.15, -0.1) is 0 Å². The lowest BCUT2D eigenvalue weighted by Crippen LogP contribution is -2.34. The zero-order valence-electron chi connectivity index (χ0n) is 11.6. The molecule has 0 aromatic heterocycles. The normalized spacial score (nSPS) is 10.4. The topological polar surface area (TPSA) is 67.8 Å². The molecule has 0 saturated carbocycles. The van der Waals surface area contributed by atoms with Crippen molar-refractivity contribution in [2.75, 3.05) is 13.2 Å². The molecule has 0 spiro atoms. The summed E-state index contributed by atoms with van der Waals surface area (Å²) in [6.07, 6.45) is 0. The van der Waals surface area contributed by atoms with Crippen LogP contribution in [0.25, 0.3) is 0 Å². The summed E-state index contributed by atoms with van der Waals surface area (Å²) in [4.78, 5) is 11.5. The van der Waals surface area contributed by atoms with Crippen LogP contribution in [0.1, 0.15) is 26.3 Å². The molecule has 106 valence electrons. The molecular formula is C14H21NO4. The lowest BCUT2D eigenvalue weighted by atomic mass is 10.2. The van der Waals surface area contributed by atoms with Crippen LogP contribution in [0.15, 0.2) is 18.2 Å². The molecule has 0 atom stereocenters. The van der Waals surface area contributed by atoms with Crippen LogP contribution in [0, 0.1) is 0 Å². The first-order valence-electron chi connectivity index (χ1n) is 6.35. The predicted octanol–water partition coefficient (Wildman–Crippen LogP) is 1.48. The zero-order chi connectivity index (χ0) is 14.3. The van der Waals surface area contributed by atoms with Crippen molar-refractivity contribution in [1.82, 2.24) is 5.32 Å². The molecule has 0 unspecified atom stereocenters. The predicted molar refractivity (Wildman–Crippen MR) is 72.3 cm³/mol. The third kappa shape index (κ3) is 5.18. The molecule has 1 amide bonds. The van der Waals surface area contributed by atoms with Gasteiger partial charge in [-0.3, -0.25) is 4.79 Å². The van der Waals surface area contributed by atoms with Crippen molar-refractivity contribution in [2.24, 2.45) is 0 Å². The van der Waals surface area contributed by atoms with E-state index in [-0.39, 0.29) is 25.2 Å². The lowest BCUT2D eigenvalue weighted by Gasteiger charge is -2.13. The third-order valence-electron chi connectivity index (χ3n) is 2.30. The molecule has 0 heterocycles. The monoisotopic (exact) mass is 267 g/mol. The van der Waals surface area contributed by atoms with E-state index in [9.17, 15) is 4.79 Å². The lowest BCUT2D eigenvalue weighted by molar-refractivity contribution is -0.123. The fraction of sp³-hybridized carbons (Fsp3) is 0.500. The van der Waals surface area contributed by atoms with Crippen molar-refractivity contribution in [3.05, 3.63) is 23.8 Å². The van der Waals surface area contributed by atoms with Crippen LogP contribution in [-0.2, 0) is 11.4 Å². The van der Waals surface area contributed by atoms with E-state index in [2.05, 4.69) is 5.32 Å². The van der Waals surface area contributed by atoms with E-state index in [1.165, 1.54) is 0 Å². The fourth-order valence-electron chi connectivity index (χ4n) is 1.55. The maximum absolute atomic E-state index is 11.5. The molecule has 19 heavy (non-hydrogen) atoms. The Kier molecular flexibility index (Phi) is 6.15. The van der Waals surface area contributed by atoms with Gasteiger partial charge in [0, 0.05) is 6.04 Å². The van der Waals surface area contributed by atoms with Crippen molar-refractivity contribution < 1.29 is 19.4 Å². The van der Waals surface area contributed by atoms with Crippen molar-refractivity contribution in [1.29, 1.82) is 0 Å². The highest BCUT2D eigenvalue weighted by atomic mass is 16.5. The highest BCUT2D eigenvalue weighted by Crippen LogP contribution is 2.28. The Labute approximate surface area is 113 Å². The summed E-state index contributed by atoms with van der Waals surface area (Å²) in [7, 11) is 0. The largest absolute Gasteiger partial charge is 0.490 e. The molecule has 1 aromatic carbocycles. The number of benzene rings is 1. The standard InChI is InChI=1S/C14H21NO4/c1-4-18-13-7-11(8-16)5-6-12(13)19-9-14(17)15-10(2)3/h5-7,10,16H,4,8-9H2,1-3H3,(H,15,17). The minimum atomic E-state index is -0.177. The Morgan fingerprint density at radius 1 is 1.32 bits per heavy atom. The molecule has 0 aliphatic heterocycles. The van der Waals surface area contributed by atoms with Crippen LogP contribution in [-0.4, -0.2) is 30.3 Å². The van der Waals surface area contributed by atoms with E-state index >= 15 is 0 Å². The van der Waals surface area contributed by atoms with Crippen LogP contribution in [0.5, 0.6) is 11.5 Å². The molecule has 1 rings (SSSR count). The first-order valence-corrected chi connectivity index (χ1v) is 6.35. The van der Waals surface area contributed by atoms with Crippen LogP contribution in [0.2, 0.25) is 0 Å². The molecule has 0 aliphatic rings. The summed E-state index contributed by atoms with van der Waals surface area (Å²) in [5.41, 5.74) is 0.738. The van der Waals surface area contributed by atoms with Gasteiger partial charge in [0.1, 0.15) is 0 Å². The van der Waals surface area contributed by atoms with Crippen LogP contribution in [0.4, 0.5) is 0 Å². The maximum atomic E-state index is 11.5.